The lowest BCUT2D eigenvalue weighted by atomic mass is 10.1. The lowest BCUT2D eigenvalue weighted by molar-refractivity contribution is 0.0675. The van der Waals surface area contributed by atoms with E-state index in [9.17, 15) is 4.79 Å². The van der Waals surface area contributed by atoms with Crippen LogP contribution >= 0.6 is 0 Å². The number of amides is 1. The minimum Gasteiger partial charge on any atom is -0.486 e. The highest BCUT2D eigenvalue weighted by Crippen LogP contribution is 2.37. The number of hydrogen-bond donors (Lipinski definition) is 1. The minimum absolute atomic E-state index is 0.0418. The summed E-state index contributed by atoms with van der Waals surface area (Å²) in [5.74, 6) is 1.83. The van der Waals surface area contributed by atoms with Crippen LogP contribution in [0.25, 0.3) is 11.3 Å². The molecule has 2 fully saturated rings. The normalized spacial score (nSPS) is 24.4. The molecule has 3 aliphatic heterocycles. The fourth-order valence-corrected chi connectivity index (χ4v) is 4.22. The van der Waals surface area contributed by atoms with Gasteiger partial charge in [0, 0.05) is 24.2 Å². The number of benzene rings is 1. The van der Waals surface area contributed by atoms with Gasteiger partial charge < -0.3 is 24.1 Å². The van der Waals surface area contributed by atoms with Crippen LogP contribution in [0.5, 0.6) is 11.5 Å². The summed E-state index contributed by atoms with van der Waals surface area (Å²) in [7, 11) is 0. The zero-order valence-corrected chi connectivity index (χ0v) is 14.4. The van der Waals surface area contributed by atoms with E-state index in [4.69, 9.17) is 13.9 Å². The molecule has 2 unspecified atom stereocenters. The number of rotatable bonds is 2. The maximum Gasteiger partial charge on any atom is 0.277 e. The molecule has 0 radical (unpaired) electrons. The number of ether oxygens (including phenoxy) is 2. The van der Waals surface area contributed by atoms with E-state index in [0.29, 0.717) is 36.2 Å². The van der Waals surface area contributed by atoms with Crippen molar-refractivity contribution in [3.05, 3.63) is 30.3 Å². The van der Waals surface area contributed by atoms with E-state index >= 15 is 0 Å². The van der Waals surface area contributed by atoms with Crippen molar-refractivity contribution in [1.29, 1.82) is 0 Å². The lowest BCUT2D eigenvalue weighted by Crippen LogP contribution is -2.42. The number of carbonyl (C=O) groups excluding carboxylic acids is 1. The molecule has 0 spiro atoms. The van der Waals surface area contributed by atoms with Crippen LogP contribution in [0.15, 0.2) is 29.0 Å². The topological polar surface area (TPSA) is 76.8 Å². The Kier molecular flexibility index (Phi) is 3.81. The number of oxazole rings is 1. The highest BCUT2D eigenvalue weighted by molar-refractivity contribution is 5.98. The van der Waals surface area contributed by atoms with Gasteiger partial charge in [0.2, 0.25) is 0 Å². The van der Waals surface area contributed by atoms with Crippen LogP contribution in [0.4, 0.5) is 0 Å². The molecule has 7 heteroatoms. The Morgan fingerprint density at radius 1 is 1.12 bits per heavy atom. The Bertz CT molecular complexity index is 820. The van der Waals surface area contributed by atoms with Crippen molar-refractivity contribution in [3.8, 4) is 22.8 Å². The van der Waals surface area contributed by atoms with E-state index in [-0.39, 0.29) is 18.0 Å². The van der Waals surface area contributed by atoms with Crippen molar-refractivity contribution in [1.82, 2.24) is 15.2 Å². The van der Waals surface area contributed by atoms with Crippen LogP contribution in [-0.4, -0.2) is 54.2 Å². The Hall–Kier alpha value is -2.54. The van der Waals surface area contributed by atoms with Gasteiger partial charge in [-0.15, -0.1) is 0 Å². The first-order chi connectivity index (χ1) is 12.8. The molecule has 7 nitrogen and oxygen atoms in total. The SMILES string of the molecule is O=C(c1ncoc1-c1ccc2c(c1)OCCO2)N1C2CCNCC1CC2. The fourth-order valence-electron chi connectivity index (χ4n) is 4.22. The quantitative estimate of drug-likeness (QED) is 0.889. The van der Waals surface area contributed by atoms with Gasteiger partial charge in [-0.1, -0.05) is 0 Å². The molecule has 1 aromatic carbocycles. The molecule has 0 saturated carbocycles. The molecule has 3 aliphatic rings. The zero-order valence-electron chi connectivity index (χ0n) is 14.4. The van der Waals surface area contributed by atoms with Gasteiger partial charge in [0.05, 0.1) is 0 Å². The lowest BCUT2D eigenvalue weighted by Gasteiger charge is -2.27. The molecule has 1 amide bonds. The van der Waals surface area contributed by atoms with Crippen molar-refractivity contribution in [2.75, 3.05) is 26.3 Å². The average Bonchev–Trinajstić information content (AvgIpc) is 3.24. The molecule has 1 aromatic heterocycles. The van der Waals surface area contributed by atoms with Gasteiger partial charge >= 0.3 is 0 Å². The number of hydrogen-bond acceptors (Lipinski definition) is 6. The highest BCUT2D eigenvalue weighted by Gasteiger charge is 2.40. The van der Waals surface area contributed by atoms with Gasteiger partial charge in [0.1, 0.15) is 13.2 Å². The maximum atomic E-state index is 13.3. The van der Waals surface area contributed by atoms with E-state index in [2.05, 4.69) is 10.3 Å². The third-order valence-electron chi connectivity index (χ3n) is 5.46. The van der Waals surface area contributed by atoms with Crippen molar-refractivity contribution >= 4 is 5.91 Å². The van der Waals surface area contributed by atoms with Crippen LogP contribution < -0.4 is 14.8 Å². The molecule has 5 rings (SSSR count). The Morgan fingerprint density at radius 2 is 1.96 bits per heavy atom. The van der Waals surface area contributed by atoms with Crippen molar-refractivity contribution in [2.45, 2.75) is 31.3 Å². The van der Waals surface area contributed by atoms with Crippen molar-refractivity contribution in [2.24, 2.45) is 0 Å². The van der Waals surface area contributed by atoms with E-state index in [1.807, 2.05) is 23.1 Å². The van der Waals surface area contributed by atoms with E-state index in [1.54, 1.807) is 0 Å². The van der Waals surface area contributed by atoms with E-state index < -0.39 is 0 Å². The highest BCUT2D eigenvalue weighted by atomic mass is 16.6. The number of fused-ring (bicyclic) bond motifs is 3. The molecule has 1 N–H and O–H groups in total. The summed E-state index contributed by atoms with van der Waals surface area (Å²) < 4.78 is 16.8. The predicted molar refractivity (Wildman–Crippen MR) is 93.4 cm³/mol. The van der Waals surface area contributed by atoms with Gasteiger partial charge in [-0.25, -0.2) is 4.98 Å². The molecular formula is C19H21N3O4. The molecule has 4 heterocycles. The summed E-state index contributed by atoms with van der Waals surface area (Å²) in [6, 6.07) is 6.10. The van der Waals surface area contributed by atoms with Gasteiger partial charge in [0.25, 0.3) is 5.91 Å². The first-order valence-corrected chi connectivity index (χ1v) is 9.18. The summed E-state index contributed by atoms with van der Waals surface area (Å²) in [5.41, 5.74) is 1.15. The molecule has 26 heavy (non-hydrogen) atoms. The van der Waals surface area contributed by atoms with E-state index in [1.165, 1.54) is 6.39 Å². The van der Waals surface area contributed by atoms with Crippen LogP contribution in [0.2, 0.25) is 0 Å². The first kappa shape index (κ1) is 15.7. The number of carbonyl (C=O) groups is 1. The summed E-state index contributed by atoms with van der Waals surface area (Å²) in [5, 5.41) is 3.42. The van der Waals surface area contributed by atoms with Gasteiger partial charge in [-0.05, 0) is 44.0 Å². The first-order valence-electron chi connectivity index (χ1n) is 9.18. The monoisotopic (exact) mass is 355 g/mol. The fraction of sp³-hybridized carbons (Fsp3) is 0.474. The number of nitrogens with one attached hydrogen (secondary N) is 1. The third-order valence-corrected chi connectivity index (χ3v) is 5.46. The summed E-state index contributed by atoms with van der Waals surface area (Å²) >= 11 is 0. The predicted octanol–water partition coefficient (Wildman–Crippen LogP) is 2.08. The molecule has 2 saturated heterocycles. The van der Waals surface area contributed by atoms with E-state index in [0.717, 1.165) is 37.9 Å². The van der Waals surface area contributed by atoms with Crippen LogP contribution in [-0.2, 0) is 0 Å². The van der Waals surface area contributed by atoms with Crippen LogP contribution in [0.3, 0.4) is 0 Å². The van der Waals surface area contributed by atoms with Crippen LogP contribution in [0.1, 0.15) is 29.8 Å². The number of nitrogens with zero attached hydrogens (tertiary/aromatic N) is 2. The molecule has 136 valence electrons. The third kappa shape index (κ3) is 2.54. The second-order valence-corrected chi connectivity index (χ2v) is 6.98. The number of aromatic nitrogens is 1. The molecule has 2 aromatic rings. The second-order valence-electron chi connectivity index (χ2n) is 6.98. The average molecular weight is 355 g/mol. The Morgan fingerprint density at radius 3 is 2.88 bits per heavy atom. The smallest absolute Gasteiger partial charge is 0.277 e. The van der Waals surface area contributed by atoms with Gasteiger partial charge in [-0.2, -0.15) is 0 Å². The van der Waals surface area contributed by atoms with Crippen molar-refractivity contribution < 1.29 is 18.7 Å². The molecule has 2 atom stereocenters. The largest absolute Gasteiger partial charge is 0.486 e. The molecule has 2 bridgehead atoms. The second kappa shape index (κ2) is 6.32. The summed E-state index contributed by atoms with van der Waals surface area (Å²) in [6.07, 6.45) is 4.44. The maximum absolute atomic E-state index is 13.3. The molecular weight excluding hydrogens is 334 g/mol. The van der Waals surface area contributed by atoms with Gasteiger partial charge in [0.15, 0.2) is 29.3 Å². The zero-order chi connectivity index (χ0) is 17.5. The standard InChI is InChI=1S/C19H21N3O4/c23-19(22-13-2-3-14(22)10-20-6-5-13)17-18(26-11-21-17)12-1-4-15-16(9-12)25-8-7-24-15/h1,4,9,11,13-14,20H,2-3,5-8,10H2. The summed E-state index contributed by atoms with van der Waals surface area (Å²) in [4.78, 5) is 19.5. The van der Waals surface area contributed by atoms with Crippen LogP contribution in [0, 0.1) is 0 Å². The minimum atomic E-state index is -0.0418. The van der Waals surface area contributed by atoms with Crippen molar-refractivity contribution in [3.63, 3.8) is 0 Å². The van der Waals surface area contributed by atoms with Gasteiger partial charge in [-0.3, -0.25) is 4.79 Å². The Balaban J connectivity index is 1.48. The Labute approximate surface area is 151 Å². The molecule has 0 aliphatic carbocycles. The summed E-state index contributed by atoms with van der Waals surface area (Å²) in [6.45, 7) is 2.87.